The quantitative estimate of drug-likeness (QED) is 0.779. The van der Waals surface area contributed by atoms with Crippen LogP contribution in [0.15, 0.2) is 42.5 Å². The summed E-state index contributed by atoms with van der Waals surface area (Å²) < 4.78 is 5.22. The van der Waals surface area contributed by atoms with Crippen LogP contribution in [0.1, 0.15) is 27.0 Å². The molecule has 2 aromatic carbocycles. The third kappa shape index (κ3) is 2.26. The number of fused-ring (bicyclic) bond motifs is 2. The second-order valence-electron chi connectivity index (χ2n) is 4.89. The normalized spacial score (nSPS) is 14.1. The van der Waals surface area contributed by atoms with Crippen molar-refractivity contribution in [2.45, 2.75) is 19.3 Å². The molecule has 1 aliphatic rings. The van der Waals surface area contributed by atoms with Crippen molar-refractivity contribution in [2.75, 3.05) is 7.11 Å². The molecule has 0 unspecified atom stereocenters. The molecule has 3 rings (SSSR count). The Labute approximate surface area is 113 Å². The van der Waals surface area contributed by atoms with Crippen LogP contribution in [0.25, 0.3) is 0 Å². The molecule has 0 atom stereocenters. The largest absolute Gasteiger partial charge is 0.497 e. The number of carbonyl (C=O) groups excluding carboxylic acids is 1. The fraction of sp³-hybridized carbons (Fsp3) is 0.235. The number of hydrogen-bond donors (Lipinski definition) is 0. The summed E-state index contributed by atoms with van der Waals surface area (Å²) in [7, 11) is 1.63. The Morgan fingerprint density at radius 2 is 1.68 bits per heavy atom. The minimum atomic E-state index is 0.182. The van der Waals surface area contributed by atoms with Gasteiger partial charge in [-0.05, 0) is 41.7 Å². The molecular weight excluding hydrogens is 236 g/mol. The maximum absolute atomic E-state index is 12.4. The smallest absolute Gasteiger partial charge is 0.167 e. The highest BCUT2D eigenvalue weighted by Crippen LogP contribution is 2.25. The highest BCUT2D eigenvalue weighted by molar-refractivity contribution is 5.99. The molecule has 2 nitrogen and oxygen atoms in total. The lowest BCUT2D eigenvalue weighted by Gasteiger charge is -2.16. The molecule has 0 bridgehead atoms. The van der Waals surface area contributed by atoms with Gasteiger partial charge in [-0.3, -0.25) is 4.79 Å². The van der Waals surface area contributed by atoms with Gasteiger partial charge in [0.2, 0.25) is 0 Å². The Kier molecular flexibility index (Phi) is 3.08. The third-order valence-corrected chi connectivity index (χ3v) is 3.75. The molecule has 1 aliphatic carbocycles. The van der Waals surface area contributed by atoms with E-state index in [1.165, 1.54) is 5.56 Å². The first-order valence-electron chi connectivity index (χ1n) is 6.55. The van der Waals surface area contributed by atoms with Gasteiger partial charge in [-0.25, -0.2) is 0 Å². The van der Waals surface area contributed by atoms with Crippen LogP contribution in [0.4, 0.5) is 0 Å². The van der Waals surface area contributed by atoms with E-state index in [0.29, 0.717) is 6.42 Å². The summed E-state index contributed by atoms with van der Waals surface area (Å²) in [4.78, 5) is 12.4. The SMILES string of the molecule is COc1ccc2c(c1)C(=O)Cc1ccccc1CC2. The van der Waals surface area contributed by atoms with Crippen LogP contribution in [0, 0.1) is 0 Å². The molecule has 2 aromatic rings. The number of aryl methyl sites for hydroxylation is 2. The lowest BCUT2D eigenvalue weighted by Crippen LogP contribution is -2.13. The van der Waals surface area contributed by atoms with Crippen molar-refractivity contribution in [3.8, 4) is 5.75 Å². The number of ether oxygens (including phenoxy) is 1. The number of methoxy groups -OCH3 is 1. The second-order valence-corrected chi connectivity index (χ2v) is 4.89. The van der Waals surface area contributed by atoms with E-state index in [9.17, 15) is 4.79 Å². The van der Waals surface area contributed by atoms with E-state index in [1.54, 1.807) is 7.11 Å². The van der Waals surface area contributed by atoms with E-state index in [2.05, 4.69) is 12.1 Å². The van der Waals surface area contributed by atoms with Gasteiger partial charge in [0.1, 0.15) is 5.75 Å². The molecule has 0 saturated heterocycles. The highest BCUT2D eigenvalue weighted by atomic mass is 16.5. The Morgan fingerprint density at radius 1 is 0.947 bits per heavy atom. The first-order chi connectivity index (χ1) is 9.28. The molecule has 96 valence electrons. The van der Waals surface area contributed by atoms with Crippen LogP contribution < -0.4 is 4.74 Å². The first kappa shape index (κ1) is 12.0. The topological polar surface area (TPSA) is 26.3 Å². The fourth-order valence-electron chi connectivity index (χ4n) is 2.67. The first-order valence-corrected chi connectivity index (χ1v) is 6.55. The van der Waals surface area contributed by atoms with Gasteiger partial charge in [-0.2, -0.15) is 0 Å². The minimum Gasteiger partial charge on any atom is -0.497 e. The van der Waals surface area contributed by atoms with Gasteiger partial charge in [-0.1, -0.05) is 30.3 Å². The van der Waals surface area contributed by atoms with Gasteiger partial charge in [-0.15, -0.1) is 0 Å². The van der Waals surface area contributed by atoms with E-state index < -0.39 is 0 Å². The minimum absolute atomic E-state index is 0.182. The van der Waals surface area contributed by atoms with Crippen molar-refractivity contribution in [3.05, 3.63) is 64.7 Å². The van der Waals surface area contributed by atoms with Crippen LogP contribution in [-0.4, -0.2) is 12.9 Å². The lowest BCUT2D eigenvalue weighted by molar-refractivity contribution is 0.0991. The lowest BCUT2D eigenvalue weighted by atomic mass is 9.88. The Balaban J connectivity index is 2.04. The number of rotatable bonds is 1. The molecule has 0 N–H and O–H groups in total. The molecule has 0 spiro atoms. The highest BCUT2D eigenvalue weighted by Gasteiger charge is 2.18. The Hall–Kier alpha value is -2.09. The molecular formula is C17H16O2. The zero-order chi connectivity index (χ0) is 13.2. The van der Waals surface area contributed by atoms with Gasteiger partial charge in [0.15, 0.2) is 5.78 Å². The van der Waals surface area contributed by atoms with Crippen LogP contribution in [0.3, 0.4) is 0 Å². The van der Waals surface area contributed by atoms with Crippen LogP contribution in [0.2, 0.25) is 0 Å². The molecule has 0 heterocycles. The van der Waals surface area contributed by atoms with Gasteiger partial charge in [0.25, 0.3) is 0 Å². The molecule has 0 fully saturated rings. The summed E-state index contributed by atoms with van der Waals surface area (Å²) in [5.74, 6) is 0.932. The number of Topliss-reactive ketones (excluding diaryl/α,β-unsaturated/α-hetero) is 1. The third-order valence-electron chi connectivity index (χ3n) is 3.75. The predicted molar refractivity (Wildman–Crippen MR) is 74.9 cm³/mol. The van der Waals surface area contributed by atoms with Gasteiger partial charge >= 0.3 is 0 Å². The fourth-order valence-corrected chi connectivity index (χ4v) is 2.67. The Bertz CT molecular complexity index is 629. The number of carbonyl (C=O) groups is 1. The maximum atomic E-state index is 12.4. The van der Waals surface area contributed by atoms with Crippen LogP contribution in [0.5, 0.6) is 5.75 Å². The average molecular weight is 252 g/mol. The molecule has 0 aliphatic heterocycles. The monoisotopic (exact) mass is 252 g/mol. The number of ketones is 1. The van der Waals surface area contributed by atoms with Crippen LogP contribution in [-0.2, 0) is 19.3 Å². The van der Waals surface area contributed by atoms with E-state index >= 15 is 0 Å². The molecule has 0 radical (unpaired) electrons. The molecule has 0 saturated carbocycles. The number of hydrogen-bond acceptors (Lipinski definition) is 2. The summed E-state index contributed by atoms with van der Waals surface area (Å²) >= 11 is 0. The van der Waals surface area contributed by atoms with E-state index in [-0.39, 0.29) is 5.78 Å². The molecule has 0 amide bonds. The standard InChI is InChI=1S/C17H16O2/c1-19-15-9-8-13-7-6-12-4-2-3-5-14(12)10-17(18)16(13)11-15/h2-5,8-9,11H,6-7,10H2,1H3. The zero-order valence-electron chi connectivity index (χ0n) is 11.0. The van der Waals surface area contributed by atoms with Crippen molar-refractivity contribution in [1.29, 1.82) is 0 Å². The summed E-state index contributed by atoms with van der Waals surface area (Å²) in [5, 5.41) is 0. The second kappa shape index (κ2) is 4.88. The van der Waals surface area contributed by atoms with Gasteiger partial charge in [0, 0.05) is 12.0 Å². The van der Waals surface area contributed by atoms with Crippen molar-refractivity contribution >= 4 is 5.78 Å². The molecule has 19 heavy (non-hydrogen) atoms. The molecule has 2 heteroatoms. The molecule has 0 aromatic heterocycles. The summed E-state index contributed by atoms with van der Waals surface area (Å²) in [5.41, 5.74) is 4.38. The van der Waals surface area contributed by atoms with Crippen molar-refractivity contribution in [1.82, 2.24) is 0 Å². The average Bonchev–Trinajstić information content (AvgIpc) is 2.44. The van der Waals surface area contributed by atoms with Crippen molar-refractivity contribution < 1.29 is 9.53 Å². The van der Waals surface area contributed by atoms with Crippen molar-refractivity contribution in [3.63, 3.8) is 0 Å². The van der Waals surface area contributed by atoms with Gasteiger partial charge in [0.05, 0.1) is 7.11 Å². The van der Waals surface area contributed by atoms with Gasteiger partial charge < -0.3 is 4.74 Å². The summed E-state index contributed by atoms with van der Waals surface area (Å²) in [6, 6.07) is 14.0. The van der Waals surface area contributed by atoms with E-state index in [0.717, 1.165) is 35.3 Å². The summed E-state index contributed by atoms with van der Waals surface area (Å²) in [6.45, 7) is 0. The van der Waals surface area contributed by atoms with E-state index in [4.69, 9.17) is 4.74 Å². The summed E-state index contributed by atoms with van der Waals surface area (Å²) in [6.07, 6.45) is 2.38. The maximum Gasteiger partial charge on any atom is 0.167 e. The number of benzene rings is 2. The van der Waals surface area contributed by atoms with Crippen LogP contribution >= 0.6 is 0 Å². The Morgan fingerprint density at radius 3 is 2.47 bits per heavy atom. The van der Waals surface area contributed by atoms with E-state index in [1.807, 2.05) is 30.3 Å². The van der Waals surface area contributed by atoms with Crippen molar-refractivity contribution in [2.24, 2.45) is 0 Å². The zero-order valence-corrected chi connectivity index (χ0v) is 11.0. The predicted octanol–water partition coefficient (Wildman–Crippen LogP) is 3.22.